The van der Waals surface area contributed by atoms with Crippen molar-refractivity contribution in [2.75, 3.05) is 19.5 Å². The third-order valence-corrected chi connectivity index (χ3v) is 4.76. The second-order valence-corrected chi connectivity index (χ2v) is 6.19. The fourth-order valence-electron chi connectivity index (χ4n) is 3.17. The van der Waals surface area contributed by atoms with E-state index in [2.05, 4.69) is 30.2 Å². The molecule has 21 heavy (non-hydrogen) atoms. The summed E-state index contributed by atoms with van der Waals surface area (Å²) in [5.74, 6) is 1.79. The number of anilines is 1. The number of hydrogen-bond donors (Lipinski definition) is 1. The van der Waals surface area contributed by atoms with Gasteiger partial charge in [0.25, 0.3) is 0 Å². The zero-order valence-electron chi connectivity index (χ0n) is 13.0. The zero-order chi connectivity index (χ0) is 15.0. The van der Waals surface area contributed by atoms with Crippen LogP contribution < -0.4 is 10.1 Å². The summed E-state index contributed by atoms with van der Waals surface area (Å²) in [6.45, 7) is 4.46. The molecule has 1 aromatic carbocycles. The summed E-state index contributed by atoms with van der Waals surface area (Å²) in [4.78, 5) is 4.51. The number of ether oxygens (including phenoxy) is 2. The molecule has 1 aliphatic rings. The minimum Gasteiger partial charge on any atom is -0.496 e. The molecule has 3 rings (SSSR count). The number of fused-ring (bicyclic) bond motifs is 1. The van der Waals surface area contributed by atoms with Crippen LogP contribution in [0, 0.1) is 5.41 Å². The van der Waals surface area contributed by atoms with Crippen molar-refractivity contribution >= 4 is 16.6 Å². The molecule has 4 heteroatoms. The van der Waals surface area contributed by atoms with Crippen LogP contribution in [-0.2, 0) is 4.74 Å². The third kappa shape index (κ3) is 2.23. The van der Waals surface area contributed by atoms with Crippen molar-refractivity contribution in [3.05, 3.63) is 30.5 Å². The van der Waals surface area contributed by atoms with E-state index < -0.39 is 0 Å². The van der Waals surface area contributed by atoms with Crippen LogP contribution >= 0.6 is 0 Å². The average molecular weight is 286 g/mol. The van der Waals surface area contributed by atoms with E-state index in [4.69, 9.17) is 9.47 Å². The molecule has 0 radical (unpaired) electrons. The topological polar surface area (TPSA) is 43.4 Å². The fraction of sp³-hybridized carbons (Fsp3) is 0.471. The van der Waals surface area contributed by atoms with Gasteiger partial charge in [-0.25, -0.2) is 4.98 Å². The SMILES string of the molecule is COc1cccc2c(NC3CC(OC)C3(C)C)nccc12. The highest BCUT2D eigenvalue weighted by Gasteiger charge is 2.48. The Morgan fingerprint density at radius 3 is 2.67 bits per heavy atom. The number of pyridine rings is 1. The molecule has 1 fully saturated rings. The molecule has 1 heterocycles. The van der Waals surface area contributed by atoms with Gasteiger partial charge < -0.3 is 14.8 Å². The lowest BCUT2D eigenvalue weighted by Gasteiger charge is -2.51. The van der Waals surface area contributed by atoms with E-state index in [1.807, 2.05) is 24.4 Å². The van der Waals surface area contributed by atoms with E-state index in [0.29, 0.717) is 12.1 Å². The lowest BCUT2D eigenvalue weighted by atomic mass is 9.64. The van der Waals surface area contributed by atoms with E-state index in [0.717, 1.165) is 28.8 Å². The van der Waals surface area contributed by atoms with Crippen LogP contribution in [0.25, 0.3) is 10.8 Å². The van der Waals surface area contributed by atoms with Crippen LogP contribution in [0.1, 0.15) is 20.3 Å². The minimum atomic E-state index is 0.109. The first-order valence-corrected chi connectivity index (χ1v) is 7.29. The molecular formula is C17H22N2O2. The highest BCUT2D eigenvalue weighted by molar-refractivity contribution is 5.95. The lowest BCUT2D eigenvalue weighted by Crippen LogP contribution is -2.57. The van der Waals surface area contributed by atoms with Crippen molar-refractivity contribution < 1.29 is 9.47 Å². The smallest absolute Gasteiger partial charge is 0.134 e. The summed E-state index contributed by atoms with van der Waals surface area (Å²) in [5, 5.41) is 5.75. The molecule has 0 spiro atoms. The number of benzene rings is 1. The van der Waals surface area contributed by atoms with Crippen LogP contribution in [0.4, 0.5) is 5.82 Å². The van der Waals surface area contributed by atoms with Crippen molar-refractivity contribution in [2.24, 2.45) is 5.41 Å². The monoisotopic (exact) mass is 286 g/mol. The number of aromatic nitrogens is 1. The molecule has 0 saturated heterocycles. The molecule has 2 aromatic rings. The van der Waals surface area contributed by atoms with Gasteiger partial charge in [-0.05, 0) is 18.6 Å². The molecule has 2 unspecified atom stereocenters. The first kappa shape index (κ1) is 14.1. The third-order valence-electron chi connectivity index (χ3n) is 4.76. The first-order valence-electron chi connectivity index (χ1n) is 7.29. The van der Waals surface area contributed by atoms with E-state index in [9.17, 15) is 0 Å². The van der Waals surface area contributed by atoms with Crippen molar-refractivity contribution in [1.29, 1.82) is 0 Å². The van der Waals surface area contributed by atoms with Crippen molar-refractivity contribution in [3.63, 3.8) is 0 Å². The maximum absolute atomic E-state index is 5.51. The van der Waals surface area contributed by atoms with Crippen LogP contribution in [0.5, 0.6) is 5.75 Å². The van der Waals surface area contributed by atoms with Crippen LogP contribution in [0.3, 0.4) is 0 Å². The van der Waals surface area contributed by atoms with Gasteiger partial charge in [0.1, 0.15) is 11.6 Å². The standard InChI is InChI=1S/C17H22N2O2/c1-17(2)14(10-15(17)21-4)19-16-12-6-5-7-13(20-3)11(12)8-9-18-16/h5-9,14-15H,10H2,1-4H3,(H,18,19). The Hall–Kier alpha value is -1.81. The molecule has 0 aliphatic heterocycles. The maximum Gasteiger partial charge on any atom is 0.134 e. The normalized spacial score (nSPS) is 23.6. The summed E-state index contributed by atoms with van der Waals surface area (Å²) >= 11 is 0. The second-order valence-electron chi connectivity index (χ2n) is 6.19. The maximum atomic E-state index is 5.51. The quantitative estimate of drug-likeness (QED) is 0.934. The minimum absolute atomic E-state index is 0.109. The largest absolute Gasteiger partial charge is 0.496 e. The van der Waals surface area contributed by atoms with Crippen LogP contribution in [0.15, 0.2) is 30.5 Å². The van der Waals surface area contributed by atoms with Crippen molar-refractivity contribution in [2.45, 2.75) is 32.4 Å². The molecule has 1 N–H and O–H groups in total. The Bertz CT molecular complexity index is 654. The molecule has 4 nitrogen and oxygen atoms in total. The molecule has 1 aliphatic carbocycles. The highest BCUT2D eigenvalue weighted by Crippen LogP contribution is 2.44. The second kappa shape index (κ2) is 5.19. The molecule has 0 amide bonds. The number of nitrogens with zero attached hydrogens (tertiary/aromatic N) is 1. The fourth-order valence-corrected chi connectivity index (χ4v) is 3.17. The van der Waals surface area contributed by atoms with Crippen molar-refractivity contribution in [1.82, 2.24) is 4.98 Å². The number of rotatable bonds is 4. The van der Waals surface area contributed by atoms with Gasteiger partial charge in [0, 0.05) is 35.5 Å². The summed E-state index contributed by atoms with van der Waals surface area (Å²) in [6.07, 6.45) is 3.14. The van der Waals surface area contributed by atoms with Gasteiger partial charge in [-0.2, -0.15) is 0 Å². The Labute approximate surface area is 125 Å². The summed E-state index contributed by atoms with van der Waals surface area (Å²) in [5.41, 5.74) is 0.109. The van der Waals surface area contributed by atoms with Gasteiger partial charge >= 0.3 is 0 Å². The summed E-state index contributed by atoms with van der Waals surface area (Å²) < 4.78 is 10.9. The van der Waals surface area contributed by atoms with Crippen molar-refractivity contribution in [3.8, 4) is 5.75 Å². The van der Waals surface area contributed by atoms with Gasteiger partial charge in [0.05, 0.1) is 13.2 Å². The zero-order valence-corrected chi connectivity index (χ0v) is 13.0. The Balaban J connectivity index is 1.92. The van der Waals surface area contributed by atoms with Gasteiger partial charge in [-0.15, -0.1) is 0 Å². The Morgan fingerprint density at radius 2 is 2.00 bits per heavy atom. The van der Waals surface area contributed by atoms with E-state index >= 15 is 0 Å². The predicted octanol–water partition coefficient (Wildman–Crippen LogP) is 3.47. The summed E-state index contributed by atoms with van der Waals surface area (Å²) in [6, 6.07) is 8.40. The molecule has 1 saturated carbocycles. The van der Waals surface area contributed by atoms with Crippen LogP contribution in [-0.4, -0.2) is 31.3 Å². The Morgan fingerprint density at radius 1 is 1.19 bits per heavy atom. The van der Waals surface area contributed by atoms with E-state index in [1.165, 1.54) is 0 Å². The van der Waals surface area contributed by atoms with Gasteiger partial charge in [0.15, 0.2) is 0 Å². The number of methoxy groups -OCH3 is 2. The number of nitrogens with one attached hydrogen (secondary N) is 1. The van der Waals surface area contributed by atoms with Gasteiger partial charge in [-0.1, -0.05) is 26.0 Å². The summed E-state index contributed by atoms with van der Waals surface area (Å²) in [7, 11) is 3.48. The molecule has 0 bridgehead atoms. The Kier molecular flexibility index (Phi) is 3.49. The molecular weight excluding hydrogens is 264 g/mol. The van der Waals surface area contributed by atoms with Gasteiger partial charge in [-0.3, -0.25) is 0 Å². The predicted molar refractivity (Wildman–Crippen MR) is 84.9 cm³/mol. The number of hydrogen-bond acceptors (Lipinski definition) is 4. The molecule has 1 aromatic heterocycles. The van der Waals surface area contributed by atoms with E-state index in [-0.39, 0.29) is 5.41 Å². The average Bonchev–Trinajstić information content (AvgIpc) is 2.50. The molecule has 2 atom stereocenters. The van der Waals surface area contributed by atoms with Gasteiger partial charge in [0.2, 0.25) is 0 Å². The van der Waals surface area contributed by atoms with E-state index in [1.54, 1.807) is 14.2 Å². The highest BCUT2D eigenvalue weighted by atomic mass is 16.5. The first-order chi connectivity index (χ1) is 10.1. The lowest BCUT2D eigenvalue weighted by molar-refractivity contribution is -0.0795. The van der Waals surface area contributed by atoms with Crippen LogP contribution in [0.2, 0.25) is 0 Å². The molecule has 112 valence electrons.